The van der Waals surface area contributed by atoms with Gasteiger partial charge in [0, 0.05) is 6.42 Å². The fourth-order valence-electron chi connectivity index (χ4n) is 0.599. The fourth-order valence-corrected chi connectivity index (χ4v) is 0.599. The molecule has 66 valence electrons. The molecule has 0 aliphatic carbocycles. The van der Waals surface area contributed by atoms with E-state index in [0.717, 1.165) is 0 Å². The fraction of sp³-hybridized carbons (Fsp3) is 1.00. The highest BCUT2D eigenvalue weighted by molar-refractivity contribution is 6.32. The van der Waals surface area contributed by atoms with Crippen LogP contribution in [-0.4, -0.2) is 30.4 Å². The summed E-state index contributed by atoms with van der Waals surface area (Å²) in [7, 11) is -2.09. The molecule has 1 unspecified atom stereocenters. The van der Waals surface area contributed by atoms with Gasteiger partial charge >= 0.3 is 7.32 Å². The van der Waals surface area contributed by atoms with Gasteiger partial charge in [0.15, 0.2) is 6.36 Å². The predicted octanol–water partition coefficient (Wildman–Crippen LogP) is 0.408. The maximum Gasteiger partial charge on any atom is 0.636 e. The average Bonchev–Trinajstić information content (AvgIpc) is 1.86. The second kappa shape index (κ2) is 6.51. The molecule has 0 spiro atoms. The lowest BCUT2D eigenvalue weighted by atomic mass is 10.2. The number of halogens is 2. The first-order chi connectivity index (χ1) is 5.16. The second-order valence-electron chi connectivity index (χ2n) is 2.06. The van der Waals surface area contributed by atoms with Crippen molar-refractivity contribution in [2.24, 2.45) is 0 Å². The molecule has 3 nitrogen and oxygen atoms in total. The van der Waals surface area contributed by atoms with Gasteiger partial charge in [0.25, 0.3) is 0 Å². The van der Waals surface area contributed by atoms with E-state index in [2.05, 4.69) is 4.65 Å². The van der Waals surface area contributed by atoms with Gasteiger partial charge in [-0.2, -0.15) is 0 Å². The number of unbranched alkanes of at least 4 members (excludes halogenated alkanes) is 1. The lowest BCUT2D eigenvalue weighted by Gasteiger charge is -2.07. The Morgan fingerprint density at radius 3 is 2.45 bits per heavy atom. The van der Waals surface area contributed by atoms with Crippen LogP contribution in [0.3, 0.4) is 0 Å². The Balaban J connectivity index is 3.15. The standard InChI is InChI=1S/C5H11BF2O3/c7-4-2-1-3-5(8)11-6(9)10/h5,9-10H,1-4H2. The van der Waals surface area contributed by atoms with Crippen LogP contribution in [0.15, 0.2) is 0 Å². The number of alkyl halides is 2. The van der Waals surface area contributed by atoms with Crippen LogP contribution in [0.4, 0.5) is 8.78 Å². The molecular weight excluding hydrogens is 157 g/mol. The summed E-state index contributed by atoms with van der Waals surface area (Å²) in [6.45, 7) is -0.492. The smallest absolute Gasteiger partial charge is 0.402 e. The third-order valence-corrected chi connectivity index (χ3v) is 1.08. The normalized spacial score (nSPS) is 13.1. The topological polar surface area (TPSA) is 49.7 Å². The third kappa shape index (κ3) is 7.70. The van der Waals surface area contributed by atoms with E-state index < -0.39 is 20.4 Å². The summed E-state index contributed by atoms with van der Waals surface area (Å²) in [6, 6.07) is 0. The summed E-state index contributed by atoms with van der Waals surface area (Å²) in [4.78, 5) is 0. The Labute approximate surface area is 64.2 Å². The molecule has 0 radical (unpaired) electrons. The minimum absolute atomic E-state index is 0.0124. The van der Waals surface area contributed by atoms with Crippen LogP contribution >= 0.6 is 0 Å². The Kier molecular flexibility index (Phi) is 6.40. The first kappa shape index (κ1) is 10.8. The van der Waals surface area contributed by atoms with Crippen molar-refractivity contribution in [1.82, 2.24) is 0 Å². The Morgan fingerprint density at radius 1 is 1.36 bits per heavy atom. The van der Waals surface area contributed by atoms with Crippen molar-refractivity contribution in [2.45, 2.75) is 25.6 Å². The molecular formula is C5H11BF2O3. The predicted molar refractivity (Wildman–Crippen MR) is 36.0 cm³/mol. The summed E-state index contributed by atoms with van der Waals surface area (Å²) in [5, 5.41) is 16.2. The van der Waals surface area contributed by atoms with Gasteiger partial charge in [-0.25, -0.2) is 4.39 Å². The van der Waals surface area contributed by atoms with Crippen LogP contribution in [0.2, 0.25) is 0 Å². The van der Waals surface area contributed by atoms with Crippen molar-refractivity contribution in [1.29, 1.82) is 0 Å². The Morgan fingerprint density at radius 2 is 2.00 bits per heavy atom. The van der Waals surface area contributed by atoms with Gasteiger partial charge in [0.2, 0.25) is 0 Å². The van der Waals surface area contributed by atoms with E-state index in [1.165, 1.54) is 0 Å². The molecule has 0 aliphatic heterocycles. The molecule has 0 aliphatic rings. The quantitative estimate of drug-likeness (QED) is 0.446. The van der Waals surface area contributed by atoms with E-state index in [4.69, 9.17) is 10.0 Å². The molecule has 1 atom stereocenters. The number of hydrogen-bond acceptors (Lipinski definition) is 3. The molecule has 0 aromatic rings. The molecule has 2 N–H and O–H groups in total. The van der Waals surface area contributed by atoms with Gasteiger partial charge in [-0.15, -0.1) is 0 Å². The molecule has 0 rings (SSSR count). The first-order valence-electron chi connectivity index (χ1n) is 3.38. The van der Waals surface area contributed by atoms with Crippen molar-refractivity contribution >= 4 is 7.32 Å². The minimum Gasteiger partial charge on any atom is -0.402 e. The van der Waals surface area contributed by atoms with Crippen molar-refractivity contribution in [3.05, 3.63) is 0 Å². The zero-order valence-electron chi connectivity index (χ0n) is 6.04. The highest BCUT2D eigenvalue weighted by atomic mass is 19.1. The van der Waals surface area contributed by atoms with Gasteiger partial charge in [-0.05, 0) is 12.8 Å². The first-order valence-corrected chi connectivity index (χ1v) is 3.38. The van der Waals surface area contributed by atoms with E-state index in [1.54, 1.807) is 0 Å². The monoisotopic (exact) mass is 168 g/mol. The molecule has 0 fully saturated rings. The van der Waals surface area contributed by atoms with Crippen LogP contribution < -0.4 is 0 Å². The highest BCUT2D eigenvalue weighted by Crippen LogP contribution is 2.06. The van der Waals surface area contributed by atoms with E-state index in [-0.39, 0.29) is 12.8 Å². The summed E-state index contributed by atoms with van der Waals surface area (Å²) in [5.41, 5.74) is 0. The largest absolute Gasteiger partial charge is 0.636 e. The molecule has 0 saturated carbocycles. The molecule has 0 saturated heterocycles. The zero-order valence-corrected chi connectivity index (χ0v) is 6.04. The van der Waals surface area contributed by atoms with E-state index in [0.29, 0.717) is 6.42 Å². The van der Waals surface area contributed by atoms with Crippen molar-refractivity contribution in [3.8, 4) is 0 Å². The van der Waals surface area contributed by atoms with Crippen LogP contribution in [0, 0.1) is 0 Å². The van der Waals surface area contributed by atoms with Crippen LogP contribution in [0.5, 0.6) is 0 Å². The van der Waals surface area contributed by atoms with Crippen LogP contribution in [-0.2, 0) is 4.65 Å². The summed E-state index contributed by atoms with van der Waals surface area (Å²) >= 11 is 0. The van der Waals surface area contributed by atoms with E-state index in [1.807, 2.05) is 0 Å². The molecule has 0 amide bonds. The highest BCUT2D eigenvalue weighted by Gasteiger charge is 2.16. The van der Waals surface area contributed by atoms with Gasteiger partial charge in [0.1, 0.15) is 0 Å². The maximum absolute atomic E-state index is 12.3. The lowest BCUT2D eigenvalue weighted by Crippen LogP contribution is -2.22. The summed E-state index contributed by atoms with van der Waals surface area (Å²) in [6.07, 6.45) is -1.13. The van der Waals surface area contributed by atoms with E-state index in [9.17, 15) is 8.78 Å². The Bertz CT molecular complexity index is 93.8. The van der Waals surface area contributed by atoms with Gasteiger partial charge in [-0.3, -0.25) is 4.39 Å². The minimum atomic E-state index is -2.09. The average molecular weight is 168 g/mol. The summed E-state index contributed by atoms with van der Waals surface area (Å²) in [5.74, 6) is 0. The SMILES string of the molecule is OB(O)OC(F)CCCCF. The van der Waals surface area contributed by atoms with Crippen molar-refractivity contribution in [3.63, 3.8) is 0 Å². The third-order valence-electron chi connectivity index (χ3n) is 1.08. The molecule has 0 bridgehead atoms. The van der Waals surface area contributed by atoms with Crippen molar-refractivity contribution < 1.29 is 23.5 Å². The van der Waals surface area contributed by atoms with Crippen LogP contribution in [0.25, 0.3) is 0 Å². The van der Waals surface area contributed by atoms with Crippen molar-refractivity contribution in [2.75, 3.05) is 6.67 Å². The van der Waals surface area contributed by atoms with Crippen LogP contribution in [0.1, 0.15) is 19.3 Å². The second-order valence-corrected chi connectivity index (χ2v) is 2.06. The van der Waals surface area contributed by atoms with E-state index >= 15 is 0 Å². The molecule has 11 heavy (non-hydrogen) atoms. The van der Waals surface area contributed by atoms with Gasteiger partial charge in [-0.1, -0.05) is 0 Å². The van der Waals surface area contributed by atoms with Gasteiger partial charge in [0.05, 0.1) is 6.67 Å². The molecule has 0 aromatic carbocycles. The molecule has 0 aromatic heterocycles. The van der Waals surface area contributed by atoms with Gasteiger partial charge < -0.3 is 14.7 Å². The maximum atomic E-state index is 12.3. The molecule has 6 heteroatoms. The number of rotatable bonds is 6. The number of hydrogen-bond donors (Lipinski definition) is 2. The summed E-state index contributed by atoms with van der Waals surface area (Å²) < 4.78 is 27.7. The Hall–Kier alpha value is -0.195. The lowest BCUT2D eigenvalue weighted by molar-refractivity contribution is 0.0139. The zero-order chi connectivity index (χ0) is 8.69. The molecule has 0 heterocycles.